The van der Waals surface area contributed by atoms with Crippen LogP contribution >= 0.6 is 0 Å². The van der Waals surface area contributed by atoms with Crippen molar-refractivity contribution in [1.29, 1.82) is 0 Å². The van der Waals surface area contributed by atoms with Gasteiger partial charge < -0.3 is 30.2 Å². The molecular weight excluding hydrogens is 598 g/mol. The van der Waals surface area contributed by atoms with Gasteiger partial charge in [-0.2, -0.15) is 0 Å². The highest BCUT2D eigenvalue weighted by atomic mass is 16.3. The summed E-state index contributed by atoms with van der Waals surface area (Å²) in [5.74, 6) is -1.94. The Labute approximate surface area is 276 Å². The van der Waals surface area contributed by atoms with E-state index < -0.39 is 34.3 Å². The number of carbonyl (C=O) groups is 3. The molecule has 5 rings (SSSR count). The Balaban J connectivity index is 0.000000546. The lowest BCUT2D eigenvalue weighted by molar-refractivity contribution is -0.146. The highest BCUT2D eigenvalue weighted by Crippen LogP contribution is 2.46. The summed E-state index contributed by atoms with van der Waals surface area (Å²) in [5, 5.41) is 25.2. The zero-order valence-electron chi connectivity index (χ0n) is 28.4. The third-order valence-corrected chi connectivity index (χ3v) is 9.28. The maximum Gasteiger partial charge on any atom is 0.287 e. The monoisotopic (exact) mass is 647 g/mol. The lowest BCUT2D eigenvalue weighted by atomic mass is 9.63. The number of carbonyl (C=O) groups excluding carboxylic acids is 3. The van der Waals surface area contributed by atoms with Crippen molar-refractivity contribution in [3.05, 3.63) is 69.6 Å². The summed E-state index contributed by atoms with van der Waals surface area (Å²) in [5.41, 5.74) is 1.17. The average Bonchev–Trinajstić information content (AvgIpc) is 3.03. The standard InChI is InChI=1S/C29H39N3O7.C8H10/c1-17(30-25(36)24-15-20(33)19-14-21(34)22(35)16-23(19)39-24)26(37)32-12-10-29(11-13-32,18-8-6-5-7-9-18)27(38)31-28(2,3)4;1-7-3-5-8(2)6-4-7/h14-18,34-35H,5-13H2,1-4H3,(H,30,36)(H,31,38);3-6H,1-2H3. The minimum atomic E-state index is -0.891. The second-order valence-corrected chi connectivity index (χ2v) is 14.2. The van der Waals surface area contributed by atoms with Crippen molar-refractivity contribution in [3.63, 3.8) is 0 Å². The number of rotatable bonds is 5. The number of phenolic OH excluding ortho intramolecular Hbond substituents is 2. The Kier molecular flexibility index (Phi) is 11.0. The first-order chi connectivity index (χ1) is 22.1. The molecule has 10 heteroatoms. The minimum Gasteiger partial charge on any atom is -0.504 e. The molecule has 0 spiro atoms. The van der Waals surface area contributed by atoms with Gasteiger partial charge in [0.2, 0.25) is 11.8 Å². The number of hydrogen-bond donors (Lipinski definition) is 4. The Morgan fingerprint density at radius 3 is 2.02 bits per heavy atom. The number of phenols is 2. The molecule has 2 fully saturated rings. The molecule has 3 aromatic rings. The van der Waals surface area contributed by atoms with E-state index in [1.165, 1.54) is 17.5 Å². The molecule has 2 aromatic carbocycles. The number of piperidine rings is 1. The zero-order chi connectivity index (χ0) is 34.5. The van der Waals surface area contributed by atoms with E-state index in [9.17, 15) is 29.4 Å². The molecule has 0 bridgehead atoms. The van der Waals surface area contributed by atoms with E-state index >= 15 is 0 Å². The van der Waals surface area contributed by atoms with Gasteiger partial charge in [0.1, 0.15) is 11.6 Å². The number of nitrogens with zero attached hydrogens (tertiary/aromatic N) is 1. The van der Waals surface area contributed by atoms with Gasteiger partial charge in [0.05, 0.1) is 10.8 Å². The predicted octanol–water partition coefficient (Wildman–Crippen LogP) is 5.73. The number of aromatic hydroxyl groups is 2. The van der Waals surface area contributed by atoms with Crippen molar-refractivity contribution < 1.29 is 29.0 Å². The third kappa shape index (κ3) is 8.73. The number of amides is 3. The van der Waals surface area contributed by atoms with Crippen molar-refractivity contribution in [3.8, 4) is 11.5 Å². The molecule has 0 radical (unpaired) electrons. The topological polar surface area (TPSA) is 149 Å². The van der Waals surface area contributed by atoms with Gasteiger partial charge in [-0.05, 0) is 79.2 Å². The molecule has 3 amide bonds. The van der Waals surface area contributed by atoms with E-state index in [1.807, 2.05) is 20.8 Å². The summed E-state index contributed by atoms with van der Waals surface area (Å²) < 4.78 is 5.47. The zero-order valence-corrected chi connectivity index (χ0v) is 28.4. The molecule has 1 unspecified atom stereocenters. The summed E-state index contributed by atoms with van der Waals surface area (Å²) in [6.07, 6.45) is 6.61. The van der Waals surface area contributed by atoms with Crippen LogP contribution in [0.5, 0.6) is 11.5 Å². The second-order valence-electron chi connectivity index (χ2n) is 14.2. The molecule has 47 heavy (non-hydrogen) atoms. The van der Waals surface area contributed by atoms with E-state index in [-0.39, 0.29) is 34.1 Å². The molecule has 1 saturated carbocycles. The van der Waals surface area contributed by atoms with E-state index in [4.69, 9.17) is 4.42 Å². The molecule has 1 saturated heterocycles. The van der Waals surface area contributed by atoms with Crippen molar-refractivity contribution in [2.24, 2.45) is 11.3 Å². The highest BCUT2D eigenvalue weighted by molar-refractivity contribution is 5.96. The number of likely N-dealkylation sites (tertiary alicyclic amines) is 1. The van der Waals surface area contributed by atoms with Gasteiger partial charge in [0.25, 0.3) is 5.91 Å². The summed E-state index contributed by atoms with van der Waals surface area (Å²) in [7, 11) is 0. The third-order valence-electron chi connectivity index (χ3n) is 9.28. The number of aryl methyl sites for hydroxylation is 2. The molecule has 1 aliphatic carbocycles. The van der Waals surface area contributed by atoms with Crippen LogP contribution in [0.1, 0.15) is 94.3 Å². The van der Waals surface area contributed by atoms with Crippen LogP contribution in [0.25, 0.3) is 11.0 Å². The number of hydrogen-bond acceptors (Lipinski definition) is 7. The van der Waals surface area contributed by atoms with Crippen LogP contribution in [0, 0.1) is 25.2 Å². The van der Waals surface area contributed by atoms with Crippen molar-refractivity contribution in [2.45, 2.75) is 98.1 Å². The maximum atomic E-state index is 13.6. The summed E-state index contributed by atoms with van der Waals surface area (Å²) in [6.45, 7) is 12.5. The minimum absolute atomic E-state index is 0.0104. The van der Waals surface area contributed by atoms with Gasteiger partial charge in [0.15, 0.2) is 22.7 Å². The molecule has 2 heterocycles. The molecule has 254 valence electrons. The normalized spacial score (nSPS) is 17.3. The van der Waals surface area contributed by atoms with Crippen LogP contribution < -0.4 is 16.1 Å². The number of benzene rings is 2. The SMILES string of the molecule is CC(NC(=O)c1cc(=O)c2cc(O)c(O)cc2o1)C(=O)N1CCC(C(=O)NC(C)(C)C)(C2CCCCC2)CC1.Cc1ccc(C)cc1. The Bertz CT molecular complexity index is 1620. The van der Waals surface area contributed by atoms with E-state index in [1.54, 1.807) is 11.8 Å². The first-order valence-corrected chi connectivity index (χ1v) is 16.5. The van der Waals surface area contributed by atoms with Gasteiger partial charge in [-0.1, -0.05) is 54.7 Å². The van der Waals surface area contributed by atoms with Crippen LogP contribution in [0.4, 0.5) is 0 Å². The summed E-state index contributed by atoms with van der Waals surface area (Å²) in [6, 6.07) is 10.7. The molecular formula is C37H49N3O7. The fraction of sp³-hybridized carbons (Fsp3) is 0.514. The number of nitrogens with one attached hydrogen (secondary N) is 2. The van der Waals surface area contributed by atoms with Crippen LogP contribution in [-0.4, -0.2) is 57.5 Å². The quantitative estimate of drug-likeness (QED) is 0.259. The van der Waals surface area contributed by atoms with Gasteiger partial charge in [0, 0.05) is 30.8 Å². The van der Waals surface area contributed by atoms with E-state index in [0.717, 1.165) is 43.9 Å². The Morgan fingerprint density at radius 2 is 1.47 bits per heavy atom. The van der Waals surface area contributed by atoms with Gasteiger partial charge >= 0.3 is 0 Å². The number of fused-ring (bicyclic) bond motifs is 1. The van der Waals surface area contributed by atoms with E-state index in [0.29, 0.717) is 31.8 Å². The lowest BCUT2D eigenvalue weighted by Gasteiger charge is -2.48. The highest BCUT2D eigenvalue weighted by Gasteiger charge is 2.49. The predicted molar refractivity (Wildman–Crippen MR) is 181 cm³/mol. The van der Waals surface area contributed by atoms with Gasteiger partial charge in [-0.15, -0.1) is 0 Å². The Morgan fingerprint density at radius 1 is 0.915 bits per heavy atom. The molecule has 1 aromatic heterocycles. The van der Waals surface area contributed by atoms with Gasteiger partial charge in [-0.3, -0.25) is 19.2 Å². The lowest BCUT2D eigenvalue weighted by Crippen LogP contribution is -2.58. The fourth-order valence-corrected chi connectivity index (χ4v) is 6.60. The molecule has 2 aliphatic rings. The first-order valence-electron chi connectivity index (χ1n) is 16.5. The van der Waals surface area contributed by atoms with Crippen LogP contribution in [0.2, 0.25) is 0 Å². The summed E-state index contributed by atoms with van der Waals surface area (Å²) >= 11 is 0. The van der Waals surface area contributed by atoms with Gasteiger partial charge in [-0.25, -0.2) is 0 Å². The largest absolute Gasteiger partial charge is 0.504 e. The van der Waals surface area contributed by atoms with Crippen LogP contribution in [-0.2, 0) is 9.59 Å². The molecule has 1 aliphatic heterocycles. The smallest absolute Gasteiger partial charge is 0.287 e. The Hall–Kier alpha value is -4.34. The van der Waals surface area contributed by atoms with E-state index in [2.05, 4.69) is 48.7 Å². The average molecular weight is 648 g/mol. The maximum absolute atomic E-state index is 13.6. The first kappa shape index (κ1) is 35.5. The van der Waals surface area contributed by atoms with Crippen molar-refractivity contribution >= 4 is 28.7 Å². The van der Waals surface area contributed by atoms with Crippen molar-refractivity contribution in [2.75, 3.05) is 13.1 Å². The van der Waals surface area contributed by atoms with Crippen molar-refractivity contribution in [1.82, 2.24) is 15.5 Å². The molecule has 4 N–H and O–H groups in total. The fourth-order valence-electron chi connectivity index (χ4n) is 6.60. The molecule has 1 atom stereocenters. The summed E-state index contributed by atoms with van der Waals surface area (Å²) in [4.78, 5) is 53.8. The van der Waals surface area contributed by atoms with Crippen LogP contribution in [0.15, 0.2) is 51.7 Å². The second kappa shape index (κ2) is 14.6. The molecule has 10 nitrogen and oxygen atoms in total. The van der Waals surface area contributed by atoms with Crippen LogP contribution in [0.3, 0.4) is 0 Å².